The first-order valence-corrected chi connectivity index (χ1v) is 13.1. The maximum absolute atomic E-state index is 13.6. The molecule has 0 aromatic heterocycles. The molecular formula is C30H30N2O4S. The Morgan fingerprint density at radius 1 is 0.892 bits per heavy atom. The van der Waals surface area contributed by atoms with Gasteiger partial charge in [-0.3, -0.25) is 9.59 Å². The van der Waals surface area contributed by atoms with Gasteiger partial charge in [-0.05, 0) is 86.8 Å². The summed E-state index contributed by atoms with van der Waals surface area (Å²) in [6, 6.07) is 20.0. The van der Waals surface area contributed by atoms with Crippen LogP contribution in [0.4, 0.5) is 11.4 Å². The van der Waals surface area contributed by atoms with Gasteiger partial charge in [-0.15, -0.1) is 0 Å². The van der Waals surface area contributed by atoms with E-state index in [0.29, 0.717) is 22.8 Å². The number of rotatable bonds is 9. The largest absolute Gasteiger partial charge is 0.462 e. The Bertz CT molecular complexity index is 1360. The first kappa shape index (κ1) is 26.2. The minimum Gasteiger partial charge on any atom is -0.462 e. The van der Waals surface area contributed by atoms with Crippen LogP contribution < -0.4 is 10.2 Å². The lowest BCUT2D eigenvalue weighted by Gasteiger charge is -2.16. The van der Waals surface area contributed by atoms with Gasteiger partial charge in [-0.1, -0.05) is 48.9 Å². The number of nitrogens with zero attached hydrogens (tertiary/aromatic N) is 1. The van der Waals surface area contributed by atoms with Crippen LogP contribution in [0.2, 0.25) is 0 Å². The lowest BCUT2D eigenvalue weighted by atomic mass is 10.1. The van der Waals surface area contributed by atoms with Crippen molar-refractivity contribution in [2.75, 3.05) is 16.8 Å². The number of amides is 2. The average molecular weight is 515 g/mol. The van der Waals surface area contributed by atoms with Gasteiger partial charge in [0.15, 0.2) is 0 Å². The van der Waals surface area contributed by atoms with E-state index in [9.17, 15) is 14.4 Å². The Kier molecular flexibility index (Phi) is 8.14. The maximum Gasteiger partial charge on any atom is 0.338 e. The molecule has 0 saturated heterocycles. The number of hydrogen-bond donors (Lipinski definition) is 1. The standard InChI is InChI=1S/C30H30N2O4S/c1-5-6-17-36-30(35)22-10-13-24(14-11-22)32-28(33)26(31-23-12-9-20(3)21(4)18-23)27(29(32)34)37-25-15-7-19(2)8-16-25/h7-16,18,31H,5-6,17H2,1-4H3. The third-order valence-corrected chi connectivity index (χ3v) is 7.24. The third-order valence-electron chi connectivity index (χ3n) is 6.15. The lowest BCUT2D eigenvalue weighted by Crippen LogP contribution is -2.32. The molecule has 1 aliphatic rings. The Morgan fingerprint density at radius 3 is 2.24 bits per heavy atom. The van der Waals surface area contributed by atoms with Crippen molar-refractivity contribution in [3.8, 4) is 0 Å². The van der Waals surface area contributed by atoms with Gasteiger partial charge in [-0.2, -0.15) is 0 Å². The van der Waals surface area contributed by atoms with Crippen LogP contribution >= 0.6 is 11.8 Å². The van der Waals surface area contributed by atoms with E-state index < -0.39 is 17.8 Å². The van der Waals surface area contributed by atoms with Crippen molar-refractivity contribution < 1.29 is 19.1 Å². The number of anilines is 2. The normalized spacial score (nSPS) is 13.4. The molecule has 37 heavy (non-hydrogen) atoms. The Morgan fingerprint density at radius 2 is 1.59 bits per heavy atom. The number of carbonyl (C=O) groups is 3. The molecule has 1 aliphatic heterocycles. The second-order valence-electron chi connectivity index (χ2n) is 9.03. The van der Waals surface area contributed by atoms with Crippen LogP contribution in [0, 0.1) is 20.8 Å². The molecule has 6 nitrogen and oxygen atoms in total. The van der Waals surface area contributed by atoms with E-state index in [4.69, 9.17) is 4.74 Å². The molecule has 0 aliphatic carbocycles. The van der Waals surface area contributed by atoms with Crippen molar-refractivity contribution in [3.63, 3.8) is 0 Å². The molecule has 3 aromatic rings. The fourth-order valence-corrected chi connectivity index (χ4v) is 4.70. The monoisotopic (exact) mass is 514 g/mol. The predicted molar refractivity (Wildman–Crippen MR) is 148 cm³/mol. The molecule has 1 heterocycles. The number of ether oxygens (including phenoxy) is 1. The fourth-order valence-electron chi connectivity index (χ4n) is 3.78. The number of nitrogens with one attached hydrogen (secondary N) is 1. The molecule has 0 radical (unpaired) electrons. The quantitative estimate of drug-likeness (QED) is 0.198. The van der Waals surface area contributed by atoms with Crippen LogP contribution in [-0.4, -0.2) is 24.4 Å². The molecule has 0 spiro atoms. The SMILES string of the molecule is CCCCOC(=O)c1ccc(N2C(=O)C(Nc3ccc(C)c(C)c3)=C(Sc3ccc(C)cc3)C2=O)cc1. The Hall–Kier alpha value is -3.84. The molecule has 0 fully saturated rings. The van der Waals surface area contributed by atoms with Crippen LogP contribution in [0.15, 0.2) is 82.2 Å². The Balaban J connectivity index is 1.64. The summed E-state index contributed by atoms with van der Waals surface area (Å²) in [5.74, 6) is -1.29. The van der Waals surface area contributed by atoms with E-state index in [0.717, 1.165) is 45.0 Å². The van der Waals surface area contributed by atoms with Crippen molar-refractivity contribution in [2.45, 2.75) is 45.4 Å². The van der Waals surface area contributed by atoms with Crippen LogP contribution in [0.1, 0.15) is 46.8 Å². The van der Waals surface area contributed by atoms with Gasteiger partial charge in [-0.25, -0.2) is 9.69 Å². The molecule has 2 amide bonds. The summed E-state index contributed by atoms with van der Waals surface area (Å²) >= 11 is 1.26. The number of carbonyl (C=O) groups excluding carboxylic acids is 3. The summed E-state index contributed by atoms with van der Waals surface area (Å²) in [5, 5.41) is 3.20. The summed E-state index contributed by atoms with van der Waals surface area (Å²) in [5.41, 5.74) is 5.03. The van der Waals surface area contributed by atoms with Gasteiger partial charge in [0, 0.05) is 10.6 Å². The van der Waals surface area contributed by atoms with Crippen molar-refractivity contribution in [3.05, 3.63) is 99.6 Å². The predicted octanol–water partition coefficient (Wildman–Crippen LogP) is 6.56. The van der Waals surface area contributed by atoms with Gasteiger partial charge < -0.3 is 10.1 Å². The highest BCUT2D eigenvalue weighted by Gasteiger charge is 2.40. The minimum atomic E-state index is -0.448. The van der Waals surface area contributed by atoms with E-state index in [2.05, 4.69) is 5.32 Å². The maximum atomic E-state index is 13.6. The molecule has 0 atom stereocenters. The zero-order valence-electron chi connectivity index (χ0n) is 21.5. The van der Waals surface area contributed by atoms with Gasteiger partial charge >= 0.3 is 5.97 Å². The van der Waals surface area contributed by atoms with E-state index in [1.54, 1.807) is 24.3 Å². The Labute approximate surface area is 221 Å². The second kappa shape index (κ2) is 11.5. The molecule has 7 heteroatoms. The minimum absolute atomic E-state index is 0.224. The summed E-state index contributed by atoms with van der Waals surface area (Å²) in [6.45, 7) is 8.40. The lowest BCUT2D eigenvalue weighted by molar-refractivity contribution is -0.120. The van der Waals surface area contributed by atoms with E-state index in [-0.39, 0.29) is 5.70 Å². The highest BCUT2D eigenvalue weighted by Crippen LogP contribution is 2.38. The van der Waals surface area contributed by atoms with Gasteiger partial charge in [0.2, 0.25) is 0 Å². The van der Waals surface area contributed by atoms with Crippen LogP contribution in [-0.2, 0) is 14.3 Å². The summed E-state index contributed by atoms with van der Waals surface area (Å²) in [7, 11) is 0. The molecule has 190 valence electrons. The van der Waals surface area contributed by atoms with Crippen LogP contribution in [0.25, 0.3) is 0 Å². The van der Waals surface area contributed by atoms with Gasteiger partial charge in [0.05, 0.1) is 17.9 Å². The smallest absolute Gasteiger partial charge is 0.338 e. The molecule has 0 bridgehead atoms. The topological polar surface area (TPSA) is 75.7 Å². The number of hydrogen-bond acceptors (Lipinski definition) is 6. The van der Waals surface area contributed by atoms with Gasteiger partial charge in [0.1, 0.15) is 10.6 Å². The highest BCUT2D eigenvalue weighted by atomic mass is 32.2. The van der Waals surface area contributed by atoms with Gasteiger partial charge in [0.25, 0.3) is 11.8 Å². The first-order chi connectivity index (χ1) is 17.8. The number of imide groups is 1. The van der Waals surface area contributed by atoms with Crippen LogP contribution in [0.5, 0.6) is 0 Å². The molecule has 0 saturated carbocycles. The molecular weight excluding hydrogens is 484 g/mol. The zero-order chi connectivity index (χ0) is 26.5. The van der Waals surface area contributed by atoms with Crippen molar-refractivity contribution in [1.82, 2.24) is 0 Å². The summed E-state index contributed by atoms with van der Waals surface area (Å²) in [6.07, 6.45) is 1.73. The molecule has 0 unspecified atom stereocenters. The highest BCUT2D eigenvalue weighted by molar-refractivity contribution is 8.04. The number of aryl methyl sites for hydroxylation is 3. The van der Waals surface area contributed by atoms with Crippen molar-refractivity contribution >= 4 is 40.9 Å². The van der Waals surface area contributed by atoms with E-state index in [1.807, 2.05) is 70.2 Å². The number of thioether (sulfide) groups is 1. The van der Waals surface area contributed by atoms with E-state index >= 15 is 0 Å². The third kappa shape index (κ3) is 5.94. The van der Waals surface area contributed by atoms with Crippen molar-refractivity contribution in [2.24, 2.45) is 0 Å². The average Bonchev–Trinajstić information content (AvgIpc) is 3.11. The first-order valence-electron chi connectivity index (χ1n) is 12.3. The van der Waals surface area contributed by atoms with Crippen LogP contribution in [0.3, 0.4) is 0 Å². The fraction of sp³-hybridized carbons (Fsp3) is 0.233. The molecule has 3 aromatic carbocycles. The van der Waals surface area contributed by atoms with E-state index in [1.165, 1.54) is 11.8 Å². The summed E-state index contributed by atoms with van der Waals surface area (Å²) < 4.78 is 5.26. The number of esters is 1. The molecule has 1 N–H and O–H groups in total. The van der Waals surface area contributed by atoms with Crippen molar-refractivity contribution in [1.29, 1.82) is 0 Å². The molecule has 4 rings (SSSR count). The summed E-state index contributed by atoms with van der Waals surface area (Å²) in [4.78, 5) is 41.8. The number of unbranched alkanes of at least 4 members (excludes halogenated alkanes) is 1. The second-order valence-corrected chi connectivity index (χ2v) is 10.1. The number of benzene rings is 3. The zero-order valence-corrected chi connectivity index (χ0v) is 22.3.